The van der Waals surface area contributed by atoms with E-state index in [0.717, 1.165) is 54.3 Å². The molecule has 4 aromatic rings. The average Bonchev–Trinajstić information content (AvgIpc) is 3.75. The van der Waals surface area contributed by atoms with Crippen LogP contribution in [-0.4, -0.2) is 32.0 Å². The second-order valence-corrected chi connectivity index (χ2v) is 9.32. The molecule has 0 atom stereocenters. The molecule has 2 amide bonds. The number of pyridine rings is 2. The number of aromatic nitrogens is 4. The average molecular weight is 515 g/mol. The molecule has 0 saturated heterocycles. The minimum Gasteiger partial charge on any atom is -0.321 e. The Hall–Kier alpha value is -4.60. The smallest absolute Gasteiger partial charge is 0.276 e. The summed E-state index contributed by atoms with van der Waals surface area (Å²) in [6, 6.07) is 13.8. The SMILES string of the molecule is Cc1ccc(NC(=O)c2cc(C(C)(F)F)cnn2)cc1-c1ccnc(-c2ccnc(NC(=O)C3CC3)c2)c1. The molecule has 0 bridgehead atoms. The molecule has 38 heavy (non-hydrogen) atoms. The van der Waals surface area contributed by atoms with Crippen molar-refractivity contribution < 1.29 is 18.4 Å². The van der Waals surface area contributed by atoms with Crippen molar-refractivity contribution >= 4 is 23.3 Å². The maximum Gasteiger partial charge on any atom is 0.276 e. The van der Waals surface area contributed by atoms with Gasteiger partial charge in [0.05, 0.1) is 11.9 Å². The Morgan fingerprint density at radius 1 is 0.947 bits per heavy atom. The number of nitrogens with one attached hydrogen (secondary N) is 2. The molecule has 3 heterocycles. The second kappa shape index (κ2) is 10.0. The maximum absolute atomic E-state index is 13.7. The number of benzene rings is 1. The minimum atomic E-state index is -3.14. The van der Waals surface area contributed by atoms with E-state index in [1.165, 1.54) is 0 Å². The molecule has 0 unspecified atom stereocenters. The van der Waals surface area contributed by atoms with E-state index in [2.05, 4.69) is 30.8 Å². The molecule has 1 aromatic carbocycles. The molecule has 5 rings (SSSR count). The van der Waals surface area contributed by atoms with E-state index < -0.39 is 17.4 Å². The molecule has 10 heteroatoms. The highest BCUT2D eigenvalue weighted by Crippen LogP contribution is 2.32. The van der Waals surface area contributed by atoms with Crippen molar-refractivity contribution in [1.82, 2.24) is 20.2 Å². The summed E-state index contributed by atoms with van der Waals surface area (Å²) in [4.78, 5) is 33.6. The van der Waals surface area contributed by atoms with Crippen molar-refractivity contribution in [1.29, 1.82) is 0 Å². The van der Waals surface area contributed by atoms with Crippen LogP contribution in [0.1, 0.15) is 41.4 Å². The number of amides is 2. The summed E-state index contributed by atoms with van der Waals surface area (Å²) in [7, 11) is 0. The number of alkyl halides is 2. The molecule has 2 N–H and O–H groups in total. The van der Waals surface area contributed by atoms with E-state index in [1.54, 1.807) is 30.6 Å². The van der Waals surface area contributed by atoms with Gasteiger partial charge in [-0.1, -0.05) is 6.07 Å². The molecule has 1 aliphatic rings. The van der Waals surface area contributed by atoms with Crippen LogP contribution in [0.5, 0.6) is 0 Å². The lowest BCUT2D eigenvalue weighted by Gasteiger charge is -2.13. The third-order valence-corrected chi connectivity index (χ3v) is 6.22. The van der Waals surface area contributed by atoms with Crippen LogP contribution >= 0.6 is 0 Å². The van der Waals surface area contributed by atoms with E-state index >= 15 is 0 Å². The number of hydrogen-bond donors (Lipinski definition) is 2. The number of nitrogens with zero attached hydrogens (tertiary/aromatic N) is 4. The van der Waals surface area contributed by atoms with Gasteiger partial charge in [0.1, 0.15) is 5.82 Å². The molecule has 1 saturated carbocycles. The largest absolute Gasteiger partial charge is 0.321 e. The van der Waals surface area contributed by atoms with Gasteiger partial charge in [-0.05, 0) is 78.9 Å². The van der Waals surface area contributed by atoms with Crippen LogP contribution in [0.4, 0.5) is 20.3 Å². The van der Waals surface area contributed by atoms with Gasteiger partial charge in [-0.15, -0.1) is 5.10 Å². The lowest BCUT2D eigenvalue weighted by Crippen LogP contribution is -2.17. The fourth-order valence-corrected chi connectivity index (χ4v) is 3.91. The minimum absolute atomic E-state index is 0.0213. The highest BCUT2D eigenvalue weighted by Gasteiger charge is 2.30. The van der Waals surface area contributed by atoms with E-state index in [0.29, 0.717) is 17.2 Å². The molecule has 3 aromatic heterocycles. The molecular formula is C28H24F2N6O2. The van der Waals surface area contributed by atoms with Gasteiger partial charge in [0.2, 0.25) is 5.91 Å². The third-order valence-electron chi connectivity index (χ3n) is 6.22. The van der Waals surface area contributed by atoms with Crippen LogP contribution in [-0.2, 0) is 10.7 Å². The Morgan fingerprint density at radius 2 is 1.71 bits per heavy atom. The van der Waals surface area contributed by atoms with Crippen molar-refractivity contribution in [2.45, 2.75) is 32.6 Å². The van der Waals surface area contributed by atoms with Crippen LogP contribution < -0.4 is 10.6 Å². The van der Waals surface area contributed by atoms with Gasteiger partial charge in [-0.3, -0.25) is 14.6 Å². The predicted octanol–water partition coefficient (Wildman–Crippen LogP) is 5.62. The molecule has 1 aliphatic carbocycles. The second-order valence-electron chi connectivity index (χ2n) is 9.32. The third kappa shape index (κ3) is 5.69. The van der Waals surface area contributed by atoms with Gasteiger partial charge in [-0.25, -0.2) is 13.8 Å². The Morgan fingerprint density at radius 3 is 2.47 bits per heavy atom. The Bertz CT molecular complexity index is 1530. The van der Waals surface area contributed by atoms with E-state index in [-0.39, 0.29) is 17.5 Å². The first-order chi connectivity index (χ1) is 18.2. The van der Waals surface area contributed by atoms with Gasteiger partial charge < -0.3 is 10.6 Å². The summed E-state index contributed by atoms with van der Waals surface area (Å²) >= 11 is 0. The number of rotatable bonds is 7. The topological polar surface area (TPSA) is 110 Å². The van der Waals surface area contributed by atoms with Gasteiger partial charge in [-0.2, -0.15) is 5.10 Å². The van der Waals surface area contributed by atoms with Gasteiger partial charge >= 0.3 is 0 Å². The first-order valence-corrected chi connectivity index (χ1v) is 12.0. The van der Waals surface area contributed by atoms with Gasteiger partial charge in [0.15, 0.2) is 5.69 Å². The van der Waals surface area contributed by atoms with E-state index in [4.69, 9.17) is 0 Å². The summed E-state index contributed by atoms with van der Waals surface area (Å²) < 4.78 is 27.3. The normalized spacial score (nSPS) is 13.2. The van der Waals surface area contributed by atoms with Crippen LogP contribution in [0.25, 0.3) is 22.4 Å². The molecule has 1 fully saturated rings. The van der Waals surface area contributed by atoms with Crippen molar-refractivity contribution in [3.05, 3.63) is 83.9 Å². The first-order valence-electron chi connectivity index (χ1n) is 12.0. The lowest BCUT2D eigenvalue weighted by molar-refractivity contribution is -0.117. The zero-order valence-corrected chi connectivity index (χ0v) is 20.7. The molecular weight excluding hydrogens is 490 g/mol. The Kier molecular flexibility index (Phi) is 6.62. The van der Waals surface area contributed by atoms with Gasteiger partial charge in [0, 0.05) is 42.0 Å². The summed E-state index contributed by atoms with van der Waals surface area (Å²) in [6.45, 7) is 2.68. The molecule has 192 valence electrons. The molecule has 0 spiro atoms. The van der Waals surface area contributed by atoms with Gasteiger partial charge in [0.25, 0.3) is 11.8 Å². The Labute approximate surface area is 217 Å². The molecule has 8 nitrogen and oxygen atoms in total. The van der Waals surface area contributed by atoms with Crippen molar-refractivity contribution in [3.63, 3.8) is 0 Å². The summed E-state index contributed by atoms with van der Waals surface area (Å²) in [5.74, 6) is -3.26. The van der Waals surface area contributed by atoms with Crippen LogP contribution in [0.3, 0.4) is 0 Å². The Balaban J connectivity index is 1.38. The monoisotopic (exact) mass is 514 g/mol. The number of hydrogen-bond acceptors (Lipinski definition) is 6. The lowest BCUT2D eigenvalue weighted by atomic mass is 9.99. The fourth-order valence-electron chi connectivity index (χ4n) is 3.91. The van der Waals surface area contributed by atoms with Crippen molar-refractivity contribution in [2.75, 3.05) is 10.6 Å². The molecule has 0 aliphatic heterocycles. The number of carbonyl (C=O) groups is 2. The fraction of sp³-hybridized carbons (Fsp3) is 0.214. The zero-order chi connectivity index (χ0) is 26.9. The first kappa shape index (κ1) is 25.1. The predicted molar refractivity (Wildman–Crippen MR) is 139 cm³/mol. The quantitative estimate of drug-likeness (QED) is 0.331. The number of carbonyl (C=O) groups excluding carboxylic acids is 2. The number of anilines is 2. The molecule has 0 radical (unpaired) electrons. The maximum atomic E-state index is 13.7. The van der Waals surface area contributed by atoms with Crippen molar-refractivity contribution in [2.24, 2.45) is 5.92 Å². The van der Waals surface area contributed by atoms with E-state index in [1.807, 2.05) is 31.2 Å². The summed E-state index contributed by atoms with van der Waals surface area (Å²) in [5.41, 5.74) is 4.02. The highest BCUT2D eigenvalue weighted by molar-refractivity contribution is 6.03. The number of halogens is 2. The van der Waals surface area contributed by atoms with Crippen LogP contribution in [0.2, 0.25) is 0 Å². The zero-order valence-electron chi connectivity index (χ0n) is 20.7. The summed E-state index contributed by atoms with van der Waals surface area (Å²) in [5, 5.41) is 12.8. The van der Waals surface area contributed by atoms with E-state index in [9.17, 15) is 18.4 Å². The van der Waals surface area contributed by atoms with Crippen LogP contribution in [0, 0.1) is 12.8 Å². The van der Waals surface area contributed by atoms with Crippen LogP contribution in [0.15, 0.2) is 67.1 Å². The number of aryl methyl sites for hydroxylation is 1. The summed E-state index contributed by atoms with van der Waals surface area (Å²) in [6.07, 6.45) is 6.06. The standard InChI is InChI=1S/C28H24F2N6O2/c1-16-3-6-21(34-27(38)24-13-20(15-33-36-24)28(2,29)30)14-22(16)18-7-9-31-23(11-18)19-8-10-32-25(12-19)35-26(37)17-4-5-17/h3,6-15,17H,4-5H2,1-2H3,(H,34,38)(H,32,35,37). The highest BCUT2D eigenvalue weighted by atomic mass is 19.3. The van der Waals surface area contributed by atoms with Crippen molar-refractivity contribution in [3.8, 4) is 22.4 Å².